The summed E-state index contributed by atoms with van der Waals surface area (Å²) in [5.41, 5.74) is 2.18. The van der Waals surface area contributed by atoms with E-state index in [0.29, 0.717) is 26.3 Å². The monoisotopic (exact) mass is 368 g/mol. The fourth-order valence-corrected chi connectivity index (χ4v) is 3.38. The van der Waals surface area contributed by atoms with Gasteiger partial charge in [-0.25, -0.2) is 9.59 Å². The van der Waals surface area contributed by atoms with Gasteiger partial charge in [-0.3, -0.25) is 0 Å². The molecule has 2 aromatic carbocycles. The molecule has 27 heavy (non-hydrogen) atoms. The molecular weight excluding hydrogens is 344 g/mol. The van der Waals surface area contributed by atoms with Gasteiger partial charge in [0.25, 0.3) is 0 Å². The number of amides is 2. The average molecular weight is 368 g/mol. The summed E-state index contributed by atoms with van der Waals surface area (Å²) >= 11 is 0. The Bertz CT molecular complexity index is 769. The summed E-state index contributed by atoms with van der Waals surface area (Å²) in [4.78, 5) is 23.1. The van der Waals surface area contributed by atoms with Gasteiger partial charge >= 0.3 is 12.0 Å². The van der Waals surface area contributed by atoms with Gasteiger partial charge in [0, 0.05) is 31.7 Å². The number of hydrogen-bond acceptors (Lipinski definition) is 3. The number of rotatable bonds is 6. The molecule has 2 aromatic rings. The Morgan fingerprint density at radius 2 is 1.63 bits per heavy atom. The number of carboxylic acids is 1. The van der Waals surface area contributed by atoms with E-state index in [1.807, 2.05) is 18.2 Å². The van der Waals surface area contributed by atoms with Crippen LogP contribution in [0.3, 0.4) is 0 Å². The Balaban J connectivity index is 1.56. The second-order valence-electron chi connectivity index (χ2n) is 6.80. The molecule has 1 heterocycles. The standard InChI is InChI=1S/C21H24N2O4/c24-19(25)17-8-6-16(7-9-17)14-22-20(26)23-15-21(10-12-27-13-11-21)18-4-2-1-3-5-18/h1-9H,10-15H2,(H,24,25)(H2,22,23,26). The number of carboxylic acid groups (broad SMARTS) is 1. The van der Waals surface area contributed by atoms with Gasteiger partial charge in [0.1, 0.15) is 0 Å². The van der Waals surface area contributed by atoms with Crippen LogP contribution in [-0.2, 0) is 16.7 Å². The first-order chi connectivity index (χ1) is 13.1. The van der Waals surface area contributed by atoms with Crippen LogP contribution >= 0.6 is 0 Å². The molecule has 0 spiro atoms. The minimum absolute atomic E-state index is 0.111. The smallest absolute Gasteiger partial charge is 0.335 e. The van der Waals surface area contributed by atoms with Crippen LogP contribution in [0.25, 0.3) is 0 Å². The summed E-state index contributed by atoms with van der Waals surface area (Å²) < 4.78 is 5.51. The summed E-state index contributed by atoms with van der Waals surface area (Å²) in [7, 11) is 0. The Kier molecular flexibility index (Phi) is 6.08. The van der Waals surface area contributed by atoms with Crippen LogP contribution in [0.15, 0.2) is 54.6 Å². The fourth-order valence-electron chi connectivity index (χ4n) is 3.38. The molecule has 0 unspecified atom stereocenters. The number of nitrogens with one attached hydrogen (secondary N) is 2. The van der Waals surface area contributed by atoms with Gasteiger partial charge in [0.15, 0.2) is 0 Å². The van der Waals surface area contributed by atoms with E-state index in [4.69, 9.17) is 9.84 Å². The van der Waals surface area contributed by atoms with Crippen molar-refractivity contribution in [2.24, 2.45) is 0 Å². The first-order valence-corrected chi connectivity index (χ1v) is 9.06. The van der Waals surface area contributed by atoms with Crippen LogP contribution in [0.5, 0.6) is 0 Å². The van der Waals surface area contributed by atoms with E-state index >= 15 is 0 Å². The van der Waals surface area contributed by atoms with Crippen molar-refractivity contribution >= 4 is 12.0 Å². The third-order valence-corrected chi connectivity index (χ3v) is 5.08. The summed E-state index contributed by atoms with van der Waals surface area (Å²) in [6.07, 6.45) is 1.74. The van der Waals surface area contributed by atoms with Crippen molar-refractivity contribution < 1.29 is 19.4 Å². The van der Waals surface area contributed by atoms with E-state index in [-0.39, 0.29) is 17.0 Å². The van der Waals surface area contributed by atoms with Crippen LogP contribution in [0.1, 0.15) is 34.3 Å². The molecule has 0 radical (unpaired) electrons. The number of urea groups is 1. The van der Waals surface area contributed by atoms with E-state index in [1.165, 1.54) is 17.7 Å². The van der Waals surface area contributed by atoms with E-state index in [0.717, 1.165) is 18.4 Å². The number of benzene rings is 2. The fraction of sp³-hybridized carbons (Fsp3) is 0.333. The number of carbonyl (C=O) groups is 2. The molecule has 142 valence electrons. The van der Waals surface area contributed by atoms with Crippen LogP contribution in [0.4, 0.5) is 4.79 Å². The van der Waals surface area contributed by atoms with Gasteiger partial charge in [-0.2, -0.15) is 0 Å². The topological polar surface area (TPSA) is 87.7 Å². The molecule has 3 rings (SSSR count). The van der Waals surface area contributed by atoms with Crippen molar-refractivity contribution in [2.75, 3.05) is 19.8 Å². The predicted molar refractivity (Wildman–Crippen MR) is 102 cm³/mol. The molecule has 0 bridgehead atoms. The molecule has 0 aliphatic carbocycles. The van der Waals surface area contributed by atoms with Crippen molar-refractivity contribution in [3.05, 3.63) is 71.3 Å². The highest BCUT2D eigenvalue weighted by molar-refractivity contribution is 5.87. The lowest BCUT2D eigenvalue weighted by atomic mass is 9.74. The van der Waals surface area contributed by atoms with Gasteiger partial charge in [0.05, 0.1) is 5.56 Å². The van der Waals surface area contributed by atoms with E-state index in [1.54, 1.807) is 12.1 Å². The highest BCUT2D eigenvalue weighted by atomic mass is 16.5. The maximum absolute atomic E-state index is 12.3. The maximum atomic E-state index is 12.3. The van der Waals surface area contributed by atoms with Crippen molar-refractivity contribution in [3.8, 4) is 0 Å². The van der Waals surface area contributed by atoms with Crippen LogP contribution < -0.4 is 10.6 Å². The lowest BCUT2D eigenvalue weighted by Gasteiger charge is -2.38. The van der Waals surface area contributed by atoms with Crippen LogP contribution in [0, 0.1) is 0 Å². The quantitative estimate of drug-likeness (QED) is 0.732. The lowest BCUT2D eigenvalue weighted by molar-refractivity contribution is 0.0507. The molecule has 1 saturated heterocycles. The Hall–Kier alpha value is -2.86. The lowest BCUT2D eigenvalue weighted by Crippen LogP contribution is -2.47. The molecule has 6 nitrogen and oxygen atoms in total. The molecule has 1 fully saturated rings. The van der Waals surface area contributed by atoms with E-state index in [9.17, 15) is 9.59 Å². The molecule has 0 saturated carbocycles. The summed E-state index contributed by atoms with van der Waals surface area (Å²) in [6, 6.07) is 16.5. The summed E-state index contributed by atoms with van der Waals surface area (Å²) in [5.74, 6) is -0.963. The molecule has 0 atom stereocenters. The molecule has 1 aliphatic heterocycles. The zero-order valence-corrected chi connectivity index (χ0v) is 15.1. The number of ether oxygens (including phenoxy) is 1. The minimum Gasteiger partial charge on any atom is -0.478 e. The first kappa shape index (κ1) is 18.9. The Morgan fingerprint density at radius 3 is 2.26 bits per heavy atom. The van der Waals surface area contributed by atoms with Crippen molar-refractivity contribution in [1.29, 1.82) is 0 Å². The largest absolute Gasteiger partial charge is 0.478 e. The zero-order valence-electron chi connectivity index (χ0n) is 15.1. The van der Waals surface area contributed by atoms with Gasteiger partial charge < -0.3 is 20.5 Å². The molecular formula is C21H24N2O4. The van der Waals surface area contributed by atoms with Crippen LogP contribution in [0.2, 0.25) is 0 Å². The molecule has 1 aliphatic rings. The number of carbonyl (C=O) groups excluding carboxylic acids is 1. The average Bonchev–Trinajstić information content (AvgIpc) is 2.72. The summed E-state index contributed by atoms with van der Waals surface area (Å²) in [6.45, 7) is 2.26. The number of aromatic carboxylic acids is 1. The first-order valence-electron chi connectivity index (χ1n) is 9.06. The van der Waals surface area contributed by atoms with E-state index in [2.05, 4.69) is 22.8 Å². The second-order valence-corrected chi connectivity index (χ2v) is 6.80. The van der Waals surface area contributed by atoms with Gasteiger partial charge in [-0.15, -0.1) is 0 Å². The summed E-state index contributed by atoms with van der Waals surface area (Å²) in [5, 5.41) is 14.7. The highest BCUT2D eigenvalue weighted by Crippen LogP contribution is 2.34. The zero-order chi connectivity index (χ0) is 19.1. The minimum atomic E-state index is -0.963. The molecule has 6 heteroatoms. The highest BCUT2D eigenvalue weighted by Gasteiger charge is 2.34. The maximum Gasteiger partial charge on any atom is 0.335 e. The second kappa shape index (κ2) is 8.68. The SMILES string of the molecule is O=C(NCc1ccc(C(=O)O)cc1)NCC1(c2ccccc2)CCOCC1. The predicted octanol–water partition coefficient (Wildman–Crippen LogP) is 2.93. The van der Waals surface area contributed by atoms with Crippen LogP contribution in [-0.4, -0.2) is 36.9 Å². The van der Waals surface area contributed by atoms with Crippen molar-refractivity contribution in [1.82, 2.24) is 10.6 Å². The Labute approximate surface area is 158 Å². The molecule has 3 N–H and O–H groups in total. The normalized spacial score (nSPS) is 15.7. The Morgan fingerprint density at radius 1 is 0.963 bits per heavy atom. The van der Waals surface area contributed by atoms with Crippen molar-refractivity contribution in [3.63, 3.8) is 0 Å². The molecule has 2 amide bonds. The number of hydrogen-bond donors (Lipinski definition) is 3. The van der Waals surface area contributed by atoms with Gasteiger partial charge in [0.2, 0.25) is 0 Å². The van der Waals surface area contributed by atoms with Gasteiger partial charge in [-0.1, -0.05) is 42.5 Å². The van der Waals surface area contributed by atoms with E-state index < -0.39 is 5.97 Å². The van der Waals surface area contributed by atoms with Crippen molar-refractivity contribution in [2.45, 2.75) is 24.8 Å². The van der Waals surface area contributed by atoms with Gasteiger partial charge in [-0.05, 0) is 36.1 Å². The molecule has 0 aromatic heterocycles. The third kappa shape index (κ3) is 4.86. The third-order valence-electron chi connectivity index (χ3n) is 5.08.